The molecule has 0 radical (unpaired) electrons. The Morgan fingerprint density at radius 1 is 0.732 bits per heavy atom. The Labute approximate surface area is 249 Å². The predicted octanol–water partition coefficient (Wildman–Crippen LogP) is 8.78. The third-order valence-electron chi connectivity index (χ3n) is 9.05. The van der Waals surface area contributed by atoms with Crippen LogP contribution in [0.15, 0.2) is 140 Å². The van der Waals surface area contributed by atoms with E-state index in [1.807, 2.05) is 103 Å². The van der Waals surface area contributed by atoms with Crippen molar-refractivity contribution in [1.29, 1.82) is 0 Å². The quantitative estimate of drug-likeness (QED) is 0.192. The van der Waals surface area contributed by atoms with Crippen molar-refractivity contribution in [2.24, 2.45) is 16.7 Å². The summed E-state index contributed by atoms with van der Waals surface area (Å²) in [4.78, 5) is 17.8. The summed E-state index contributed by atoms with van der Waals surface area (Å²) < 4.78 is 35.2. The van der Waals surface area contributed by atoms with E-state index in [1.165, 1.54) is 0 Å². The molecule has 0 amide bonds. The topological polar surface area (TPSA) is 60.4 Å². The van der Waals surface area contributed by atoms with Gasteiger partial charge in [-0.25, -0.2) is 3.63 Å². The lowest BCUT2D eigenvalue weighted by Crippen LogP contribution is -2.42. The molecule has 4 aromatic carbocycles. The first kappa shape index (κ1) is 28.3. The van der Waals surface area contributed by atoms with E-state index in [4.69, 9.17) is 3.63 Å². The van der Waals surface area contributed by atoms with Gasteiger partial charge in [-0.3, -0.25) is 4.79 Å². The van der Waals surface area contributed by atoms with Crippen LogP contribution >= 0.6 is 22.1 Å². The number of benzene rings is 4. The zero-order chi connectivity index (χ0) is 28.7. The molecule has 2 atom stereocenters. The van der Waals surface area contributed by atoms with Crippen LogP contribution in [0.1, 0.15) is 33.1 Å². The maximum atomic E-state index is 14.3. The minimum Gasteiger partial charge on any atom is -0.299 e. The molecule has 2 aliphatic carbocycles. The third-order valence-corrected chi connectivity index (χ3v) is 15.4. The Morgan fingerprint density at radius 3 is 1.71 bits per heavy atom. The summed E-state index contributed by atoms with van der Waals surface area (Å²) in [5, 5.41) is 0. The lowest BCUT2D eigenvalue weighted by molar-refractivity contribution is -0.128. The van der Waals surface area contributed by atoms with Gasteiger partial charge in [0.2, 0.25) is 0 Å². The monoisotopic (exact) mass is 602 g/mol. The molecule has 2 fully saturated rings. The van der Waals surface area contributed by atoms with E-state index in [9.17, 15) is 13.2 Å². The molecule has 7 heteroatoms. The maximum Gasteiger partial charge on any atom is 0.278 e. The number of hydrogen-bond donors (Lipinski definition) is 0. The molecule has 0 aliphatic heterocycles. The molecule has 0 heterocycles. The van der Waals surface area contributed by atoms with Crippen molar-refractivity contribution >= 4 is 38.0 Å². The Hall–Kier alpha value is -2.84. The van der Waals surface area contributed by atoms with E-state index in [0.717, 1.165) is 30.9 Å². The van der Waals surface area contributed by atoms with Crippen LogP contribution in [-0.2, 0) is 18.5 Å². The van der Waals surface area contributed by atoms with E-state index >= 15 is 0 Å². The fourth-order valence-corrected chi connectivity index (χ4v) is 13.6. The number of hydrogen-bond acceptors (Lipinski definition) is 5. The molecule has 41 heavy (non-hydrogen) atoms. The first-order valence-electron chi connectivity index (χ1n) is 13.9. The van der Waals surface area contributed by atoms with Crippen molar-refractivity contribution in [2.45, 2.75) is 57.6 Å². The largest absolute Gasteiger partial charge is 0.299 e. The van der Waals surface area contributed by atoms with Crippen LogP contribution in [0.2, 0.25) is 0 Å². The van der Waals surface area contributed by atoms with Gasteiger partial charge in [-0.1, -0.05) is 80.2 Å². The van der Waals surface area contributed by atoms with Gasteiger partial charge in [0.25, 0.3) is 10.1 Å². The number of ketones is 1. The molecule has 2 unspecified atom stereocenters. The first-order valence-corrected chi connectivity index (χ1v) is 17.9. The van der Waals surface area contributed by atoms with Crippen molar-refractivity contribution in [2.75, 3.05) is 5.75 Å². The van der Waals surface area contributed by atoms with Crippen molar-refractivity contribution in [1.82, 2.24) is 0 Å². The molecule has 4 nitrogen and oxygen atoms in total. The highest BCUT2D eigenvalue weighted by Gasteiger charge is 2.65. The van der Waals surface area contributed by atoms with Crippen LogP contribution in [0.3, 0.4) is 0 Å². The van der Waals surface area contributed by atoms with E-state index in [2.05, 4.69) is 26.0 Å². The molecule has 2 aliphatic rings. The number of rotatable bonds is 9. The van der Waals surface area contributed by atoms with Gasteiger partial charge >= 0.3 is 0 Å². The van der Waals surface area contributed by atoms with Crippen LogP contribution in [0.5, 0.6) is 0 Å². The Bertz CT molecular complexity index is 1600. The number of carbonyl (C=O) groups is 1. The van der Waals surface area contributed by atoms with Crippen molar-refractivity contribution in [3.05, 3.63) is 115 Å². The highest BCUT2D eigenvalue weighted by atomic mass is 32.3. The lowest BCUT2D eigenvalue weighted by atomic mass is 9.70. The number of carbonyl (C=O) groups excluding carboxylic acids is 1. The molecule has 212 valence electrons. The van der Waals surface area contributed by atoms with E-state index in [-0.39, 0.29) is 22.9 Å². The highest BCUT2D eigenvalue weighted by molar-refractivity contribution is 8.33. The van der Waals surface area contributed by atoms with Gasteiger partial charge in [0, 0.05) is 30.9 Å². The summed E-state index contributed by atoms with van der Waals surface area (Å²) in [6.45, 7) is 4.12. The average molecular weight is 603 g/mol. The molecule has 0 aromatic heterocycles. The van der Waals surface area contributed by atoms with Crippen LogP contribution < -0.4 is 0 Å². The van der Waals surface area contributed by atoms with Crippen molar-refractivity contribution in [3.63, 3.8) is 0 Å². The molecule has 0 saturated heterocycles. The van der Waals surface area contributed by atoms with E-state index in [1.54, 1.807) is 11.8 Å². The summed E-state index contributed by atoms with van der Waals surface area (Å²) in [5.74, 6) is -0.00736. The SMILES string of the molecule is CC1(C)C2CCC1(CS(=O)(=O)OS(c1ccccc1)(c1ccccc1)c1ccc(Sc3ccccc3)cc1)C(=O)C2. The van der Waals surface area contributed by atoms with Crippen LogP contribution in [-0.4, -0.2) is 20.0 Å². The zero-order valence-electron chi connectivity index (χ0n) is 23.2. The highest BCUT2D eigenvalue weighted by Crippen LogP contribution is 2.71. The molecule has 2 bridgehead atoms. The van der Waals surface area contributed by atoms with Gasteiger partial charge in [-0.2, -0.15) is 8.42 Å². The summed E-state index contributed by atoms with van der Waals surface area (Å²) in [6, 6.07) is 37.5. The molecule has 6 rings (SSSR count). The second-order valence-electron chi connectivity index (χ2n) is 11.5. The van der Waals surface area contributed by atoms with Gasteiger partial charge in [-0.15, -0.1) is 0 Å². The van der Waals surface area contributed by atoms with Gasteiger partial charge in [0.1, 0.15) is 5.78 Å². The maximum absolute atomic E-state index is 14.3. The smallest absolute Gasteiger partial charge is 0.278 e. The third kappa shape index (κ3) is 4.97. The molecule has 4 aromatic rings. The minimum absolute atomic E-state index is 0.0632. The Morgan fingerprint density at radius 2 is 1.22 bits per heavy atom. The Balaban J connectivity index is 1.46. The second kappa shape index (κ2) is 10.8. The Kier molecular flexibility index (Phi) is 7.43. The van der Waals surface area contributed by atoms with E-state index < -0.39 is 25.8 Å². The van der Waals surface area contributed by atoms with E-state index in [0.29, 0.717) is 12.8 Å². The molecule has 0 spiro atoms. The number of Topliss-reactive ketones (excluding diaryl/α,β-unsaturated/α-hetero) is 1. The van der Waals surface area contributed by atoms with Crippen molar-refractivity contribution < 1.29 is 16.8 Å². The second-order valence-corrected chi connectivity index (χ2v) is 17.1. The standard InChI is InChI=1S/C34H34O4S3/c1-33(2)26-22-23-34(33,32(35)24-26)25-40(36,37)38-41(29-14-8-4-9-15-29,30-16-10-5-11-17-30)31-20-18-28(19-21-31)39-27-12-6-3-7-13-27/h3-21,26H,22-25H2,1-2H3. The van der Waals surface area contributed by atoms with Gasteiger partial charge < -0.3 is 0 Å². The molecule has 0 N–H and O–H groups in total. The van der Waals surface area contributed by atoms with Gasteiger partial charge in [0.15, 0.2) is 0 Å². The normalized spacial score (nSPS) is 22.1. The number of fused-ring (bicyclic) bond motifs is 2. The van der Waals surface area contributed by atoms with Gasteiger partial charge in [0.05, 0.1) is 11.2 Å². The molecular formula is C34H34O4S3. The minimum atomic E-state index is -4.16. The van der Waals surface area contributed by atoms with Gasteiger partial charge in [-0.05, 0) is 95.1 Å². The zero-order valence-corrected chi connectivity index (χ0v) is 25.7. The predicted molar refractivity (Wildman–Crippen MR) is 166 cm³/mol. The fraction of sp³-hybridized carbons (Fsp3) is 0.265. The fourth-order valence-electron chi connectivity index (χ4n) is 6.66. The summed E-state index contributed by atoms with van der Waals surface area (Å²) in [5.41, 5.74) is -1.29. The molecular weight excluding hydrogens is 569 g/mol. The lowest BCUT2D eigenvalue weighted by Gasteiger charge is -2.41. The summed E-state index contributed by atoms with van der Waals surface area (Å²) >= 11 is 1.65. The molecule has 2 saturated carbocycles. The van der Waals surface area contributed by atoms with Crippen LogP contribution in [0.4, 0.5) is 0 Å². The van der Waals surface area contributed by atoms with Crippen LogP contribution in [0.25, 0.3) is 0 Å². The average Bonchev–Trinajstić information content (AvgIpc) is 3.32. The van der Waals surface area contributed by atoms with Crippen LogP contribution in [0, 0.1) is 16.7 Å². The van der Waals surface area contributed by atoms with Crippen molar-refractivity contribution in [3.8, 4) is 0 Å². The first-order chi connectivity index (χ1) is 19.7. The summed E-state index contributed by atoms with van der Waals surface area (Å²) in [6.07, 6.45) is 1.93. The summed E-state index contributed by atoms with van der Waals surface area (Å²) in [7, 11) is -6.87.